The van der Waals surface area contributed by atoms with Gasteiger partial charge in [-0.15, -0.1) is 11.3 Å². The molecule has 1 heterocycles. The van der Waals surface area contributed by atoms with Crippen molar-refractivity contribution < 1.29 is 19.1 Å². The van der Waals surface area contributed by atoms with Crippen molar-refractivity contribution in [3.8, 4) is 0 Å². The summed E-state index contributed by atoms with van der Waals surface area (Å²) < 4.78 is 5.21. The van der Waals surface area contributed by atoms with Gasteiger partial charge in [-0.1, -0.05) is 30.3 Å². The summed E-state index contributed by atoms with van der Waals surface area (Å²) >= 11 is 1.58. The molecule has 150 valence electrons. The third kappa shape index (κ3) is 6.60. The molecule has 0 aliphatic rings. The minimum atomic E-state index is -0.486. The number of hydrogen-bond acceptors (Lipinski definition) is 5. The van der Waals surface area contributed by atoms with Crippen molar-refractivity contribution in [3.05, 3.63) is 57.3 Å². The molecule has 0 saturated carbocycles. The molecule has 0 bridgehead atoms. The first-order chi connectivity index (χ1) is 13.3. The van der Waals surface area contributed by atoms with Gasteiger partial charge in [0.25, 0.3) is 0 Å². The van der Waals surface area contributed by atoms with Crippen LogP contribution in [-0.2, 0) is 14.3 Å². The van der Waals surface area contributed by atoms with Crippen LogP contribution in [0.15, 0.2) is 36.4 Å². The number of Topliss-reactive ketones (excluding diaryl/α,β-unsaturated/α-hetero) is 1. The molecule has 1 unspecified atom stereocenters. The molecule has 0 saturated heterocycles. The monoisotopic (exact) mass is 401 g/mol. The first-order valence-electron chi connectivity index (χ1n) is 9.40. The number of nitrogens with one attached hydrogen (secondary N) is 1. The molecule has 1 N–H and O–H groups in total. The number of aryl methyl sites for hydroxylation is 2. The Morgan fingerprint density at radius 2 is 1.75 bits per heavy atom. The molecule has 0 fully saturated rings. The summed E-state index contributed by atoms with van der Waals surface area (Å²) in [5.41, 5.74) is 1.52. The van der Waals surface area contributed by atoms with Crippen molar-refractivity contribution >= 4 is 29.0 Å². The molecule has 1 atom stereocenters. The summed E-state index contributed by atoms with van der Waals surface area (Å²) in [5.74, 6) is -0.666. The van der Waals surface area contributed by atoms with Crippen LogP contribution in [0.25, 0.3) is 0 Å². The molecule has 0 radical (unpaired) electrons. The molecule has 1 amide bonds. The zero-order chi connectivity index (χ0) is 20.7. The average Bonchev–Trinajstić information content (AvgIpc) is 2.97. The Kier molecular flexibility index (Phi) is 7.93. The molecule has 1 aromatic carbocycles. The highest BCUT2D eigenvalue weighted by molar-refractivity contribution is 7.12. The van der Waals surface area contributed by atoms with Gasteiger partial charge in [0.15, 0.2) is 5.78 Å². The lowest BCUT2D eigenvalue weighted by Gasteiger charge is -2.19. The third-order valence-corrected chi connectivity index (χ3v) is 5.16. The molecule has 0 spiro atoms. The van der Waals surface area contributed by atoms with Gasteiger partial charge in [-0.3, -0.25) is 14.4 Å². The summed E-state index contributed by atoms with van der Waals surface area (Å²) in [6, 6.07) is 10.7. The fourth-order valence-electron chi connectivity index (χ4n) is 2.95. The molecular weight excluding hydrogens is 374 g/mol. The second-order valence-electron chi connectivity index (χ2n) is 7.02. The fourth-order valence-corrected chi connectivity index (χ4v) is 3.89. The second-order valence-corrected chi connectivity index (χ2v) is 8.48. The molecular formula is C22H27NO4S. The average molecular weight is 402 g/mol. The Labute approximate surface area is 170 Å². The van der Waals surface area contributed by atoms with Crippen LogP contribution in [0.4, 0.5) is 0 Å². The summed E-state index contributed by atoms with van der Waals surface area (Å²) in [7, 11) is 0. The van der Waals surface area contributed by atoms with E-state index >= 15 is 0 Å². The van der Waals surface area contributed by atoms with E-state index in [4.69, 9.17) is 4.74 Å². The molecule has 2 aromatic rings. The maximum Gasteiger partial charge on any atom is 0.308 e. The quantitative estimate of drug-likeness (QED) is 0.495. The van der Waals surface area contributed by atoms with Gasteiger partial charge in [0.2, 0.25) is 5.91 Å². The highest BCUT2D eigenvalue weighted by Crippen LogP contribution is 2.23. The maximum atomic E-state index is 12.4. The highest BCUT2D eigenvalue weighted by atomic mass is 32.1. The zero-order valence-corrected chi connectivity index (χ0v) is 17.6. The maximum absolute atomic E-state index is 12.4. The van der Waals surface area contributed by atoms with Crippen molar-refractivity contribution in [1.29, 1.82) is 0 Å². The van der Waals surface area contributed by atoms with E-state index in [2.05, 4.69) is 5.32 Å². The Hall–Kier alpha value is -2.47. The minimum absolute atomic E-state index is 0.0347. The number of esters is 1. The SMILES string of the molecule is Cc1cc(C(=O)CCC(=O)NC(CC(=O)OC(C)C)c2ccccc2)c(C)s1. The number of thiophene rings is 1. The van der Waals surface area contributed by atoms with Crippen LogP contribution in [0.1, 0.15) is 64.8 Å². The van der Waals surface area contributed by atoms with E-state index in [0.29, 0.717) is 5.56 Å². The number of rotatable bonds is 9. The fraction of sp³-hybridized carbons (Fsp3) is 0.409. The van der Waals surface area contributed by atoms with E-state index in [9.17, 15) is 14.4 Å². The lowest BCUT2D eigenvalue weighted by Crippen LogP contribution is -2.31. The van der Waals surface area contributed by atoms with Gasteiger partial charge < -0.3 is 10.1 Å². The molecule has 5 nitrogen and oxygen atoms in total. The van der Waals surface area contributed by atoms with E-state index < -0.39 is 6.04 Å². The number of carbonyl (C=O) groups excluding carboxylic acids is 3. The summed E-state index contributed by atoms with van der Waals surface area (Å²) in [5, 5.41) is 2.87. The van der Waals surface area contributed by atoms with E-state index in [1.165, 1.54) is 0 Å². The highest BCUT2D eigenvalue weighted by Gasteiger charge is 2.21. The topological polar surface area (TPSA) is 72.5 Å². The number of benzene rings is 1. The number of carbonyl (C=O) groups is 3. The number of hydrogen-bond donors (Lipinski definition) is 1. The molecule has 0 aliphatic heterocycles. The number of amides is 1. The van der Waals surface area contributed by atoms with Gasteiger partial charge in [0.1, 0.15) is 0 Å². The number of ether oxygens (including phenoxy) is 1. The van der Waals surface area contributed by atoms with Crippen molar-refractivity contribution in [1.82, 2.24) is 5.32 Å². The van der Waals surface area contributed by atoms with Crippen LogP contribution in [0.3, 0.4) is 0 Å². The van der Waals surface area contributed by atoms with Crippen LogP contribution < -0.4 is 5.32 Å². The smallest absolute Gasteiger partial charge is 0.308 e. The van der Waals surface area contributed by atoms with Crippen LogP contribution in [0, 0.1) is 13.8 Å². The predicted octanol–water partition coefficient (Wildman–Crippen LogP) is 4.53. The van der Waals surface area contributed by atoms with Crippen molar-refractivity contribution in [2.24, 2.45) is 0 Å². The van der Waals surface area contributed by atoms with Gasteiger partial charge in [-0.2, -0.15) is 0 Å². The Morgan fingerprint density at radius 1 is 1.07 bits per heavy atom. The summed E-state index contributed by atoms with van der Waals surface area (Å²) in [6.07, 6.45) is 0.0517. The van der Waals surface area contributed by atoms with Crippen LogP contribution in [0.5, 0.6) is 0 Å². The molecule has 2 rings (SSSR count). The predicted molar refractivity (Wildman–Crippen MR) is 111 cm³/mol. The zero-order valence-electron chi connectivity index (χ0n) is 16.8. The van der Waals surface area contributed by atoms with E-state index in [1.54, 1.807) is 25.2 Å². The lowest BCUT2D eigenvalue weighted by molar-refractivity contribution is -0.148. The van der Waals surface area contributed by atoms with Gasteiger partial charge in [-0.05, 0) is 39.3 Å². The first kappa shape index (κ1) is 21.8. The standard InChI is InChI=1S/C22H27NO4S/c1-14(2)27-22(26)13-19(17-8-6-5-7-9-17)23-21(25)11-10-20(24)18-12-15(3)28-16(18)4/h5-9,12,14,19H,10-11,13H2,1-4H3,(H,23,25). The van der Waals surface area contributed by atoms with E-state index in [0.717, 1.165) is 15.3 Å². The van der Waals surface area contributed by atoms with Gasteiger partial charge in [0, 0.05) is 28.2 Å². The van der Waals surface area contributed by atoms with Gasteiger partial charge in [0.05, 0.1) is 18.6 Å². The third-order valence-electron chi connectivity index (χ3n) is 4.20. The minimum Gasteiger partial charge on any atom is -0.463 e. The Balaban J connectivity index is 1.98. The van der Waals surface area contributed by atoms with Crippen LogP contribution >= 0.6 is 11.3 Å². The van der Waals surface area contributed by atoms with Crippen LogP contribution in [-0.4, -0.2) is 23.8 Å². The van der Waals surface area contributed by atoms with E-state index in [1.807, 2.05) is 50.2 Å². The van der Waals surface area contributed by atoms with Gasteiger partial charge in [-0.25, -0.2) is 0 Å². The molecule has 6 heteroatoms. The Morgan fingerprint density at radius 3 is 2.32 bits per heavy atom. The van der Waals surface area contributed by atoms with Crippen molar-refractivity contribution in [2.75, 3.05) is 0 Å². The van der Waals surface area contributed by atoms with Crippen molar-refractivity contribution in [2.45, 2.75) is 59.1 Å². The molecule has 0 aliphatic carbocycles. The lowest BCUT2D eigenvalue weighted by atomic mass is 10.0. The largest absolute Gasteiger partial charge is 0.463 e. The first-order valence-corrected chi connectivity index (χ1v) is 10.2. The summed E-state index contributed by atoms with van der Waals surface area (Å²) in [6.45, 7) is 7.44. The second kappa shape index (κ2) is 10.2. The van der Waals surface area contributed by atoms with Gasteiger partial charge >= 0.3 is 5.97 Å². The van der Waals surface area contributed by atoms with Crippen molar-refractivity contribution in [3.63, 3.8) is 0 Å². The molecule has 1 aromatic heterocycles. The number of ketones is 1. The summed E-state index contributed by atoms with van der Waals surface area (Å²) in [4.78, 5) is 39.0. The van der Waals surface area contributed by atoms with Crippen LogP contribution in [0.2, 0.25) is 0 Å². The Bertz CT molecular complexity index is 826. The van der Waals surface area contributed by atoms with E-state index in [-0.39, 0.29) is 43.0 Å². The molecule has 28 heavy (non-hydrogen) atoms. The normalized spacial score (nSPS) is 11.9.